The third-order valence-electron chi connectivity index (χ3n) is 4.57. The summed E-state index contributed by atoms with van der Waals surface area (Å²) in [4.78, 5) is 29.1. The monoisotopic (exact) mass is 358 g/mol. The van der Waals surface area contributed by atoms with Crippen LogP contribution in [-0.2, 0) is 15.8 Å². The minimum absolute atomic E-state index is 0.0582. The highest BCUT2D eigenvalue weighted by atomic mass is 19.4. The van der Waals surface area contributed by atoms with Gasteiger partial charge in [0.25, 0.3) is 0 Å². The first-order chi connectivity index (χ1) is 12.4. The van der Waals surface area contributed by atoms with E-state index >= 15 is 0 Å². The van der Waals surface area contributed by atoms with Gasteiger partial charge in [0, 0.05) is 23.5 Å². The zero-order valence-electron chi connectivity index (χ0n) is 13.4. The van der Waals surface area contributed by atoms with Crippen LogP contribution in [0, 0.1) is 0 Å². The number of H-pyrrole nitrogens is 1. The van der Waals surface area contributed by atoms with Crippen LogP contribution in [0.3, 0.4) is 0 Å². The average Bonchev–Trinajstić information content (AvgIpc) is 3.15. The molecule has 4 nitrogen and oxygen atoms in total. The van der Waals surface area contributed by atoms with Crippen molar-refractivity contribution >= 4 is 28.4 Å². The molecule has 0 radical (unpaired) electrons. The lowest BCUT2D eigenvalue weighted by Crippen LogP contribution is -2.30. The predicted molar refractivity (Wildman–Crippen MR) is 89.6 cm³/mol. The van der Waals surface area contributed by atoms with Crippen molar-refractivity contribution in [1.29, 1.82) is 0 Å². The number of halogens is 3. The Morgan fingerprint density at radius 1 is 1.04 bits per heavy atom. The van der Waals surface area contributed by atoms with Crippen LogP contribution in [0.4, 0.5) is 18.9 Å². The Bertz CT molecular complexity index is 1020. The van der Waals surface area contributed by atoms with E-state index in [-0.39, 0.29) is 12.1 Å². The van der Waals surface area contributed by atoms with E-state index in [1.165, 1.54) is 12.1 Å². The molecule has 1 atom stereocenters. The van der Waals surface area contributed by atoms with E-state index in [1.54, 1.807) is 6.20 Å². The van der Waals surface area contributed by atoms with Gasteiger partial charge < -0.3 is 4.98 Å². The second kappa shape index (κ2) is 5.72. The highest BCUT2D eigenvalue weighted by Gasteiger charge is 2.42. The van der Waals surface area contributed by atoms with Gasteiger partial charge in [-0.3, -0.25) is 9.59 Å². The molecule has 7 heteroatoms. The molecule has 0 saturated carbocycles. The molecule has 132 valence electrons. The second-order valence-electron chi connectivity index (χ2n) is 6.16. The lowest BCUT2D eigenvalue weighted by molar-refractivity contribution is -0.137. The number of hydrogen-bond donors (Lipinski definition) is 1. The van der Waals surface area contributed by atoms with Gasteiger partial charge >= 0.3 is 6.18 Å². The molecule has 1 N–H and O–H groups in total. The number of rotatable bonds is 2. The number of amides is 2. The Balaban J connectivity index is 1.72. The van der Waals surface area contributed by atoms with Crippen molar-refractivity contribution in [1.82, 2.24) is 4.98 Å². The van der Waals surface area contributed by atoms with Crippen LogP contribution in [-0.4, -0.2) is 16.8 Å². The first-order valence-corrected chi connectivity index (χ1v) is 7.96. The van der Waals surface area contributed by atoms with Gasteiger partial charge in [0.1, 0.15) is 0 Å². The van der Waals surface area contributed by atoms with Crippen LogP contribution < -0.4 is 4.90 Å². The average molecular weight is 358 g/mol. The number of carbonyl (C=O) groups excluding carboxylic acids is 2. The van der Waals surface area contributed by atoms with Gasteiger partial charge in [-0.15, -0.1) is 0 Å². The molecule has 1 aliphatic rings. The number of nitrogens with zero attached hydrogens (tertiary/aromatic N) is 1. The summed E-state index contributed by atoms with van der Waals surface area (Å²) in [5.74, 6) is -1.74. The molecular weight excluding hydrogens is 345 g/mol. The molecule has 26 heavy (non-hydrogen) atoms. The number of nitrogens with one attached hydrogen (secondary N) is 1. The van der Waals surface area contributed by atoms with Crippen molar-refractivity contribution < 1.29 is 22.8 Å². The Kier molecular flexibility index (Phi) is 3.61. The third-order valence-corrected chi connectivity index (χ3v) is 4.57. The molecule has 1 aromatic heterocycles. The summed E-state index contributed by atoms with van der Waals surface area (Å²) in [5.41, 5.74) is 0.553. The maximum atomic E-state index is 12.9. The molecule has 0 bridgehead atoms. The van der Waals surface area contributed by atoms with Gasteiger partial charge in [-0.2, -0.15) is 13.2 Å². The Morgan fingerprint density at radius 3 is 2.58 bits per heavy atom. The van der Waals surface area contributed by atoms with Crippen molar-refractivity contribution in [3.63, 3.8) is 0 Å². The number of imide groups is 1. The van der Waals surface area contributed by atoms with E-state index in [9.17, 15) is 22.8 Å². The number of carbonyl (C=O) groups is 2. The number of benzene rings is 2. The van der Waals surface area contributed by atoms with E-state index < -0.39 is 29.5 Å². The van der Waals surface area contributed by atoms with Gasteiger partial charge in [-0.25, -0.2) is 4.90 Å². The lowest BCUT2D eigenvalue weighted by Gasteiger charge is -2.17. The molecule has 1 aliphatic heterocycles. The molecule has 1 fully saturated rings. The van der Waals surface area contributed by atoms with Gasteiger partial charge in [0.2, 0.25) is 11.8 Å². The normalized spacial score (nSPS) is 18.1. The van der Waals surface area contributed by atoms with Crippen LogP contribution in [0.5, 0.6) is 0 Å². The highest BCUT2D eigenvalue weighted by Crippen LogP contribution is 2.38. The zero-order chi connectivity index (χ0) is 18.5. The molecule has 2 heterocycles. The number of fused-ring (bicyclic) bond motifs is 1. The number of para-hydroxylation sites is 1. The molecule has 3 aromatic rings. The van der Waals surface area contributed by atoms with Crippen LogP contribution in [0.1, 0.15) is 23.5 Å². The molecular formula is C19H13F3N2O2. The van der Waals surface area contributed by atoms with Crippen molar-refractivity contribution in [2.75, 3.05) is 4.90 Å². The van der Waals surface area contributed by atoms with Crippen LogP contribution >= 0.6 is 0 Å². The van der Waals surface area contributed by atoms with Gasteiger partial charge in [-0.05, 0) is 29.8 Å². The topological polar surface area (TPSA) is 53.2 Å². The minimum atomic E-state index is -4.54. The molecule has 2 aromatic carbocycles. The number of aromatic nitrogens is 1. The fourth-order valence-electron chi connectivity index (χ4n) is 3.35. The van der Waals surface area contributed by atoms with Crippen molar-refractivity contribution in [3.8, 4) is 0 Å². The first-order valence-electron chi connectivity index (χ1n) is 7.96. The summed E-state index contributed by atoms with van der Waals surface area (Å²) in [6.45, 7) is 0. The quantitative estimate of drug-likeness (QED) is 0.697. The maximum absolute atomic E-state index is 12.9. The number of alkyl halides is 3. The molecule has 1 saturated heterocycles. The van der Waals surface area contributed by atoms with E-state index in [4.69, 9.17) is 0 Å². The van der Waals surface area contributed by atoms with Crippen LogP contribution in [0.2, 0.25) is 0 Å². The largest absolute Gasteiger partial charge is 0.416 e. The number of hydrogen-bond acceptors (Lipinski definition) is 2. The summed E-state index contributed by atoms with van der Waals surface area (Å²) in [6, 6.07) is 11.6. The van der Waals surface area contributed by atoms with Gasteiger partial charge in [0.05, 0.1) is 17.2 Å². The smallest absolute Gasteiger partial charge is 0.361 e. The molecule has 0 aliphatic carbocycles. The van der Waals surface area contributed by atoms with Crippen molar-refractivity contribution in [2.45, 2.75) is 18.5 Å². The summed E-state index contributed by atoms with van der Waals surface area (Å²) in [7, 11) is 0. The molecule has 0 unspecified atom stereocenters. The minimum Gasteiger partial charge on any atom is -0.361 e. The Morgan fingerprint density at radius 2 is 1.81 bits per heavy atom. The Labute approximate surface area is 146 Å². The van der Waals surface area contributed by atoms with E-state index in [0.29, 0.717) is 5.56 Å². The van der Waals surface area contributed by atoms with Gasteiger partial charge in [-0.1, -0.05) is 24.3 Å². The maximum Gasteiger partial charge on any atom is 0.416 e. The summed E-state index contributed by atoms with van der Waals surface area (Å²) >= 11 is 0. The fraction of sp³-hybridized carbons (Fsp3) is 0.158. The fourth-order valence-corrected chi connectivity index (χ4v) is 3.35. The first kappa shape index (κ1) is 16.4. The molecule has 2 amide bonds. The molecule has 0 spiro atoms. The van der Waals surface area contributed by atoms with Crippen molar-refractivity contribution in [3.05, 3.63) is 65.9 Å². The third kappa shape index (κ3) is 2.56. The number of aromatic amines is 1. The zero-order valence-corrected chi connectivity index (χ0v) is 13.4. The summed E-state index contributed by atoms with van der Waals surface area (Å²) < 4.78 is 38.8. The van der Waals surface area contributed by atoms with E-state index in [0.717, 1.165) is 27.9 Å². The summed E-state index contributed by atoms with van der Waals surface area (Å²) in [5, 5.41) is 0.824. The van der Waals surface area contributed by atoms with E-state index in [2.05, 4.69) is 4.98 Å². The van der Waals surface area contributed by atoms with Crippen LogP contribution in [0.25, 0.3) is 10.9 Å². The predicted octanol–water partition coefficient (Wildman–Crippen LogP) is 4.23. The standard InChI is InChI=1S/C19H13F3N2O2/c20-19(21,22)11-4-3-5-12(8-11)24-17(25)9-14(18(24)26)15-10-23-16-7-2-1-6-13(15)16/h1-8,10,14,23H,9H2/t14-/m0/s1. The Hall–Kier alpha value is -3.09. The molecule has 4 rings (SSSR count). The highest BCUT2D eigenvalue weighted by molar-refractivity contribution is 6.23. The SMILES string of the molecule is O=C1C[C@@H](c2c[nH]c3ccccc23)C(=O)N1c1cccc(C(F)(F)F)c1. The van der Waals surface area contributed by atoms with Crippen LogP contribution in [0.15, 0.2) is 54.7 Å². The lowest BCUT2D eigenvalue weighted by atomic mass is 9.97. The van der Waals surface area contributed by atoms with E-state index in [1.807, 2.05) is 24.3 Å². The summed E-state index contributed by atoms with van der Waals surface area (Å²) in [6.07, 6.45) is -2.94. The van der Waals surface area contributed by atoms with Crippen molar-refractivity contribution in [2.24, 2.45) is 0 Å². The van der Waals surface area contributed by atoms with Gasteiger partial charge in [0.15, 0.2) is 0 Å². The second-order valence-corrected chi connectivity index (χ2v) is 6.16. The number of anilines is 1.